The molecule has 6 heteroatoms. The molecular formula is C18H27N3O2S. The molecule has 1 aromatic rings. The summed E-state index contributed by atoms with van der Waals surface area (Å²) in [7, 11) is 0. The van der Waals surface area contributed by atoms with E-state index in [0.717, 1.165) is 29.9 Å². The molecule has 0 bridgehead atoms. The minimum Gasteiger partial charge on any atom is -0.387 e. The number of hydrogen-bond acceptors (Lipinski definition) is 4. The van der Waals surface area contributed by atoms with E-state index in [1.54, 1.807) is 13.0 Å². The average Bonchev–Trinajstić information content (AvgIpc) is 2.78. The van der Waals surface area contributed by atoms with Gasteiger partial charge in [-0.3, -0.25) is 4.79 Å². The van der Waals surface area contributed by atoms with Crippen LogP contribution in [0.5, 0.6) is 0 Å². The van der Waals surface area contributed by atoms with Crippen molar-refractivity contribution in [3.63, 3.8) is 0 Å². The molecule has 1 unspecified atom stereocenters. The second kappa shape index (κ2) is 8.95. The molecule has 24 heavy (non-hydrogen) atoms. The first-order valence-electron chi connectivity index (χ1n) is 8.03. The fourth-order valence-electron chi connectivity index (χ4n) is 2.57. The van der Waals surface area contributed by atoms with Crippen LogP contribution < -0.4 is 5.32 Å². The Morgan fingerprint density at radius 2 is 2.21 bits per heavy atom. The maximum atomic E-state index is 12.2. The molecule has 0 aliphatic rings. The lowest BCUT2D eigenvalue weighted by atomic mass is 10.1. The van der Waals surface area contributed by atoms with Crippen molar-refractivity contribution in [2.45, 2.75) is 46.3 Å². The number of nitriles is 1. The molecule has 0 aliphatic heterocycles. The molecule has 1 aromatic heterocycles. The lowest BCUT2D eigenvalue weighted by molar-refractivity contribution is -0.118. The number of amides is 1. The zero-order valence-electron chi connectivity index (χ0n) is 15.1. The molecule has 2 N–H and O–H groups in total. The van der Waals surface area contributed by atoms with Gasteiger partial charge in [-0.05, 0) is 51.2 Å². The van der Waals surface area contributed by atoms with Crippen molar-refractivity contribution in [2.75, 3.05) is 18.6 Å². The first-order chi connectivity index (χ1) is 11.3. The molecule has 1 atom stereocenters. The molecular weight excluding hydrogens is 322 g/mol. The summed E-state index contributed by atoms with van der Waals surface area (Å²) < 4.78 is 2.18. The monoisotopic (exact) mass is 349 g/mol. The van der Waals surface area contributed by atoms with Crippen molar-refractivity contribution >= 4 is 23.7 Å². The number of thioether (sulfide) groups is 1. The maximum absolute atomic E-state index is 12.2. The predicted octanol–water partition coefficient (Wildman–Crippen LogP) is 2.65. The van der Waals surface area contributed by atoms with Gasteiger partial charge in [0.15, 0.2) is 0 Å². The first-order valence-corrected chi connectivity index (χ1v) is 9.43. The minimum atomic E-state index is -0.993. The number of rotatable bonds is 8. The summed E-state index contributed by atoms with van der Waals surface area (Å²) in [6.07, 6.45) is 4.53. The van der Waals surface area contributed by atoms with Crippen LogP contribution in [0.1, 0.15) is 37.2 Å². The van der Waals surface area contributed by atoms with Crippen molar-refractivity contribution in [3.05, 3.63) is 28.6 Å². The van der Waals surface area contributed by atoms with E-state index >= 15 is 0 Å². The zero-order chi connectivity index (χ0) is 18.3. The van der Waals surface area contributed by atoms with Crippen LogP contribution in [0.3, 0.4) is 0 Å². The van der Waals surface area contributed by atoms with Crippen LogP contribution in [0.25, 0.3) is 6.08 Å². The largest absolute Gasteiger partial charge is 0.387 e. The number of nitrogens with zero attached hydrogens (tertiary/aromatic N) is 2. The van der Waals surface area contributed by atoms with Gasteiger partial charge in [-0.15, -0.1) is 0 Å². The van der Waals surface area contributed by atoms with Gasteiger partial charge in [-0.2, -0.15) is 17.0 Å². The first kappa shape index (κ1) is 20.3. The number of carbonyl (C=O) groups excluding carboxylic acids is 1. The second-order valence-electron chi connectivity index (χ2n) is 6.26. The Bertz CT molecular complexity index is 654. The number of hydrogen-bond donors (Lipinski definition) is 2. The lowest BCUT2D eigenvalue weighted by Gasteiger charge is -2.22. The number of aromatic nitrogens is 1. The summed E-state index contributed by atoms with van der Waals surface area (Å²) in [6.45, 7) is 8.81. The van der Waals surface area contributed by atoms with Gasteiger partial charge in [-0.1, -0.05) is 6.92 Å². The molecule has 1 heterocycles. The van der Waals surface area contributed by atoms with Crippen molar-refractivity contribution in [2.24, 2.45) is 0 Å². The molecule has 0 aromatic carbocycles. The molecule has 5 nitrogen and oxygen atoms in total. The van der Waals surface area contributed by atoms with Gasteiger partial charge in [0.05, 0.1) is 5.60 Å². The summed E-state index contributed by atoms with van der Waals surface area (Å²) in [4.78, 5) is 12.2. The summed E-state index contributed by atoms with van der Waals surface area (Å²) in [5.74, 6) is 0.0519. The molecule has 0 spiro atoms. The average molecular weight is 350 g/mol. The maximum Gasteiger partial charge on any atom is 0.262 e. The highest BCUT2D eigenvalue weighted by Gasteiger charge is 2.21. The molecule has 132 valence electrons. The van der Waals surface area contributed by atoms with Gasteiger partial charge in [0, 0.05) is 30.2 Å². The third-order valence-electron chi connectivity index (χ3n) is 3.81. The molecule has 0 saturated heterocycles. The Morgan fingerprint density at radius 3 is 2.75 bits per heavy atom. The van der Waals surface area contributed by atoms with Crippen LogP contribution in [0.2, 0.25) is 0 Å². The topological polar surface area (TPSA) is 78.0 Å². The van der Waals surface area contributed by atoms with E-state index in [0.29, 0.717) is 5.75 Å². The summed E-state index contributed by atoms with van der Waals surface area (Å²) >= 11 is 1.50. The Balaban J connectivity index is 2.93. The van der Waals surface area contributed by atoms with E-state index in [2.05, 4.69) is 16.8 Å². The van der Waals surface area contributed by atoms with Gasteiger partial charge >= 0.3 is 0 Å². The van der Waals surface area contributed by atoms with Crippen molar-refractivity contribution < 1.29 is 9.90 Å². The minimum absolute atomic E-state index is 0.0479. The number of carbonyl (C=O) groups is 1. The Hall–Kier alpha value is -1.71. The van der Waals surface area contributed by atoms with Crippen LogP contribution in [-0.4, -0.2) is 39.7 Å². The number of aliphatic hydroxyl groups is 1. The molecule has 0 saturated carbocycles. The highest BCUT2D eigenvalue weighted by atomic mass is 32.2. The van der Waals surface area contributed by atoms with Gasteiger partial charge in [0.1, 0.15) is 11.6 Å². The van der Waals surface area contributed by atoms with Crippen LogP contribution in [-0.2, 0) is 11.3 Å². The van der Waals surface area contributed by atoms with Crippen LogP contribution in [0.4, 0.5) is 0 Å². The van der Waals surface area contributed by atoms with E-state index in [-0.39, 0.29) is 12.1 Å². The van der Waals surface area contributed by atoms with E-state index in [1.807, 2.05) is 32.2 Å². The van der Waals surface area contributed by atoms with E-state index in [4.69, 9.17) is 0 Å². The summed E-state index contributed by atoms with van der Waals surface area (Å²) in [5.41, 5.74) is 2.09. The molecule has 0 radical (unpaired) electrons. The van der Waals surface area contributed by atoms with Gasteiger partial charge in [-0.25, -0.2) is 0 Å². The Labute approximate surface area is 148 Å². The summed E-state index contributed by atoms with van der Waals surface area (Å²) in [5, 5.41) is 22.1. The quantitative estimate of drug-likeness (QED) is 0.559. The fourth-order valence-corrected chi connectivity index (χ4v) is 3.30. The number of nitrogens with one attached hydrogen (secondary N) is 1. The standard InChI is InChI=1S/C18H27N3O2S/c1-6-7-21-13(2)8-15(14(21)3)9-16(10-19)17(22)20-11-18(4,23)12-24-5/h8-9,23H,6-7,11-12H2,1-5H3,(H,20,22). The third kappa shape index (κ3) is 5.43. The van der Waals surface area contributed by atoms with E-state index < -0.39 is 11.5 Å². The normalized spacial score (nSPS) is 14.1. The van der Waals surface area contributed by atoms with Gasteiger partial charge in [0.2, 0.25) is 0 Å². The smallest absolute Gasteiger partial charge is 0.262 e. The lowest BCUT2D eigenvalue weighted by Crippen LogP contribution is -2.42. The van der Waals surface area contributed by atoms with Gasteiger partial charge < -0.3 is 15.0 Å². The highest BCUT2D eigenvalue weighted by Crippen LogP contribution is 2.19. The zero-order valence-corrected chi connectivity index (χ0v) is 16.0. The van der Waals surface area contributed by atoms with Crippen LogP contribution >= 0.6 is 11.8 Å². The molecule has 0 fully saturated rings. The Morgan fingerprint density at radius 1 is 1.54 bits per heavy atom. The van der Waals surface area contributed by atoms with E-state index in [9.17, 15) is 15.2 Å². The predicted molar refractivity (Wildman–Crippen MR) is 99.8 cm³/mol. The number of aryl methyl sites for hydroxylation is 1. The van der Waals surface area contributed by atoms with Gasteiger partial charge in [0.25, 0.3) is 5.91 Å². The highest BCUT2D eigenvalue weighted by molar-refractivity contribution is 7.98. The van der Waals surface area contributed by atoms with Crippen molar-refractivity contribution in [3.8, 4) is 6.07 Å². The molecule has 1 rings (SSSR count). The molecule has 0 aliphatic carbocycles. The van der Waals surface area contributed by atoms with E-state index in [1.165, 1.54) is 11.8 Å². The van der Waals surface area contributed by atoms with Crippen LogP contribution in [0.15, 0.2) is 11.6 Å². The SMILES string of the molecule is CCCn1c(C)cc(C=C(C#N)C(=O)NCC(C)(O)CSC)c1C. The summed E-state index contributed by atoms with van der Waals surface area (Å²) in [6, 6.07) is 3.95. The van der Waals surface area contributed by atoms with Crippen molar-refractivity contribution in [1.29, 1.82) is 5.26 Å². The fraction of sp³-hybridized carbons (Fsp3) is 0.556. The second-order valence-corrected chi connectivity index (χ2v) is 7.13. The Kier molecular flexibility index (Phi) is 7.59. The molecule has 1 amide bonds. The third-order valence-corrected chi connectivity index (χ3v) is 4.72. The van der Waals surface area contributed by atoms with Crippen LogP contribution in [0, 0.1) is 25.2 Å². The van der Waals surface area contributed by atoms with Crippen molar-refractivity contribution in [1.82, 2.24) is 9.88 Å².